The predicted molar refractivity (Wildman–Crippen MR) is 112 cm³/mol. The summed E-state index contributed by atoms with van der Waals surface area (Å²) in [6.45, 7) is 8.22. The third-order valence-corrected chi connectivity index (χ3v) is 6.67. The van der Waals surface area contributed by atoms with Crippen molar-refractivity contribution in [1.82, 2.24) is 0 Å². The molecule has 0 aromatic heterocycles. The Balaban J connectivity index is 3.89. The average molecular weight is 393 g/mol. The van der Waals surface area contributed by atoms with E-state index in [1.165, 1.54) is 44.9 Å². The highest BCUT2D eigenvalue weighted by molar-refractivity contribution is 7.53. The zero-order valence-electron chi connectivity index (χ0n) is 18.0. The van der Waals surface area contributed by atoms with Gasteiger partial charge in [-0.15, -0.1) is 0 Å². The SMILES string of the molecule is CCCCCCCCCCCOP(=O)(CCCC)OCC(C)CCOC. The summed E-state index contributed by atoms with van der Waals surface area (Å²) in [4.78, 5) is 0. The van der Waals surface area contributed by atoms with Crippen molar-refractivity contribution in [2.45, 2.75) is 97.8 Å². The van der Waals surface area contributed by atoms with Gasteiger partial charge in [0.1, 0.15) is 0 Å². The molecule has 0 spiro atoms. The van der Waals surface area contributed by atoms with Crippen LogP contribution in [0.15, 0.2) is 0 Å². The molecule has 5 heteroatoms. The zero-order chi connectivity index (χ0) is 19.5. The van der Waals surface area contributed by atoms with Gasteiger partial charge in [0.2, 0.25) is 0 Å². The zero-order valence-corrected chi connectivity index (χ0v) is 18.9. The molecule has 0 aliphatic carbocycles. The van der Waals surface area contributed by atoms with Crippen LogP contribution in [0.25, 0.3) is 0 Å². The van der Waals surface area contributed by atoms with Crippen LogP contribution in [0.5, 0.6) is 0 Å². The first-order chi connectivity index (χ1) is 12.6. The van der Waals surface area contributed by atoms with Gasteiger partial charge < -0.3 is 13.8 Å². The fourth-order valence-corrected chi connectivity index (χ4v) is 4.70. The Morgan fingerprint density at radius 1 is 0.769 bits per heavy atom. The van der Waals surface area contributed by atoms with Gasteiger partial charge in [-0.1, -0.05) is 78.6 Å². The van der Waals surface area contributed by atoms with Crippen LogP contribution in [0.3, 0.4) is 0 Å². The van der Waals surface area contributed by atoms with Crippen molar-refractivity contribution in [1.29, 1.82) is 0 Å². The first kappa shape index (κ1) is 26.1. The first-order valence-corrected chi connectivity index (χ1v) is 12.7. The molecule has 2 unspecified atom stereocenters. The highest BCUT2D eigenvalue weighted by Crippen LogP contribution is 2.49. The quantitative estimate of drug-likeness (QED) is 0.162. The summed E-state index contributed by atoms with van der Waals surface area (Å²) >= 11 is 0. The second-order valence-corrected chi connectivity index (χ2v) is 9.72. The van der Waals surface area contributed by atoms with Crippen molar-refractivity contribution in [3.05, 3.63) is 0 Å². The lowest BCUT2D eigenvalue weighted by Crippen LogP contribution is -2.10. The molecule has 0 aromatic rings. The van der Waals surface area contributed by atoms with Crippen molar-refractivity contribution >= 4 is 7.60 Å². The van der Waals surface area contributed by atoms with Crippen molar-refractivity contribution in [3.63, 3.8) is 0 Å². The Morgan fingerprint density at radius 2 is 1.35 bits per heavy atom. The fraction of sp³-hybridized carbons (Fsp3) is 1.00. The molecule has 0 amide bonds. The van der Waals surface area contributed by atoms with Gasteiger partial charge in [0.15, 0.2) is 0 Å². The molecule has 0 aliphatic heterocycles. The monoisotopic (exact) mass is 392 g/mol. The molecule has 0 rings (SSSR count). The number of hydrogen-bond donors (Lipinski definition) is 0. The lowest BCUT2D eigenvalue weighted by molar-refractivity contribution is 0.144. The van der Waals surface area contributed by atoms with Gasteiger partial charge in [-0.25, -0.2) is 0 Å². The second-order valence-electron chi connectivity index (χ2n) is 7.53. The number of ether oxygens (including phenoxy) is 1. The van der Waals surface area contributed by atoms with Gasteiger partial charge in [-0.2, -0.15) is 0 Å². The van der Waals surface area contributed by atoms with Crippen LogP contribution in [0.1, 0.15) is 97.8 Å². The lowest BCUT2D eigenvalue weighted by atomic mass is 10.1. The molecular weight excluding hydrogens is 347 g/mol. The summed E-state index contributed by atoms with van der Waals surface area (Å²) in [5.74, 6) is 0.334. The molecule has 0 bridgehead atoms. The van der Waals surface area contributed by atoms with Crippen molar-refractivity contribution in [2.75, 3.05) is 33.1 Å². The molecule has 0 aliphatic rings. The van der Waals surface area contributed by atoms with E-state index in [0.717, 1.165) is 32.1 Å². The maximum absolute atomic E-state index is 12.9. The molecule has 0 fully saturated rings. The van der Waals surface area contributed by atoms with E-state index in [1.54, 1.807) is 7.11 Å². The van der Waals surface area contributed by atoms with E-state index in [1.807, 2.05) is 0 Å². The summed E-state index contributed by atoms with van der Waals surface area (Å²) in [7, 11) is -1.23. The summed E-state index contributed by atoms with van der Waals surface area (Å²) in [5.41, 5.74) is 0. The molecular formula is C21H45O4P. The largest absolute Gasteiger partial charge is 0.385 e. The average Bonchev–Trinajstić information content (AvgIpc) is 2.64. The minimum atomic E-state index is -2.94. The van der Waals surface area contributed by atoms with E-state index < -0.39 is 7.60 Å². The minimum Gasteiger partial charge on any atom is -0.385 e. The first-order valence-electron chi connectivity index (χ1n) is 10.9. The van der Waals surface area contributed by atoms with E-state index in [0.29, 0.717) is 31.9 Å². The highest BCUT2D eigenvalue weighted by atomic mass is 31.2. The van der Waals surface area contributed by atoms with Crippen LogP contribution in [0.2, 0.25) is 0 Å². The normalized spacial score (nSPS) is 15.1. The maximum atomic E-state index is 12.9. The van der Waals surface area contributed by atoms with Gasteiger partial charge in [0.05, 0.1) is 19.4 Å². The Labute approximate surface area is 163 Å². The van der Waals surface area contributed by atoms with Crippen molar-refractivity contribution in [3.8, 4) is 0 Å². The van der Waals surface area contributed by atoms with Crippen LogP contribution in [-0.4, -0.2) is 33.1 Å². The van der Waals surface area contributed by atoms with E-state index in [-0.39, 0.29) is 0 Å². The Kier molecular flexibility index (Phi) is 18.6. The van der Waals surface area contributed by atoms with Crippen LogP contribution in [-0.2, 0) is 18.3 Å². The van der Waals surface area contributed by atoms with Crippen LogP contribution < -0.4 is 0 Å². The van der Waals surface area contributed by atoms with E-state index >= 15 is 0 Å². The molecule has 0 aromatic carbocycles. The van der Waals surface area contributed by atoms with Gasteiger partial charge in [-0.05, 0) is 25.2 Å². The molecule has 0 saturated carbocycles. The Morgan fingerprint density at radius 3 is 1.92 bits per heavy atom. The number of unbranched alkanes of at least 4 members (excludes halogenated alkanes) is 9. The third-order valence-electron chi connectivity index (χ3n) is 4.69. The summed E-state index contributed by atoms with van der Waals surface area (Å²) < 4.78 is 29.5. The predicted octanol–water partition coefficient (Wildman–Crippen LogP) is 7.22. The Bertz CT molecular complexity index is 336. The van der Waals surface area contributed by atoms with Gasteiger partial charge in [0, 0.05) is 13.7 Å². The molecule has 158 valence electrons. The summed E-state index contributed by atoms with van der Waals surface area (Å²) in [5, 5.41) is 0. The number of hydrogen-bond acceptors (Lipinski definition) is 4. The minimum absolute atomic E-state index is 0.334. The Hall–Kier alpha value is 0.110. The smallest absolute Gasteiger partial charge is 0.330 e. The van der Waals surface area contributed by atoms with Crippen LogP contribution in [0.4, 0.5) is 0 Å². The number of methoxy groups -OCH3 is 1. The molecule has 2 atom stereocenters. The molecule has 0 N–H and O–H groups in total. The molecule has 0 heterocycles. The van der Waals surface area contributed by atoms with E-state index in [2.05, 4.69) is 20.8 Å². The maximum Gasteiger partial charge on any atom is 0.330 e. The van der Waals surface area contributed by atoms with Gasteiger partial charge >= 0.3 is 7.60 Å². The second kappa shape index (κ2) is 18.5. The van der Waals surface area contributed by atoms with Crippen LogP contribution >= 0.6 is 7.60 Å². The standard InChI is InChI=1S/C21H45O4P/c1-5-7-9-10-11-12-13-14-15-17-24-26(22,19-8-6-2)25-20-21(3)16-18-23-4/h21H,5-20H2,1-4H3. The fourth-order valence-electron chi connectivity index (χ4n) is 2.78. The molecule has 4 nitrogen and oxygen atoms in total. The summed E-state index contributed by atoms with van der Waals surface area (Å²) in [6, 6.07) is 0. The molecule has 0 radical (unpaired) electrons. The highest BCUT2D eigenvalue weighted by Gasteiger charge is 2.24. The van der Waals surface area contributed by atoms with Crippen molar-refractivity contribution in [2.24, 2.45) is 5.92 Å². The summed E-state index contributed by atoms with van der Waals surface area (Å²) in [6.07, 6.45) is 14.8. The number of rotatable bonds is 20. The van der Waals surface area contributed by atoms with Gasteiger partial charge in [0.25, 0.3) is 0 Å². The van der Waals surface area contributed by atoms with Crippen molar-refractivity contribution < 1.29 is 18.3 Å². The topological polar surface area (TPSA) is 44.8 Å². The van der Waals surface area contributed by atoms with Gasteiger partial charge in [-0.3, -0.25) is 4.57 Å². The van der Waals surface area contributed by atoms with E-state index in [4.69, 9.17) is 13.8 Å². The molecule has 0 saturated heterocycles. The molecule has 26 heavy (non-hydrogen) atoms. The van der Waals surface area contributed by atoms with Crippen LogP contribution in [0, 0.1) is 5.92 Å². The third kappa shape index (κ3) is 16.3. The lowest BCUT2D eigenvalue weighted by Gasteiger charge is -2.20. The van der Waals surface area contributed by atoms with E-state index in [9.17, 15) is 4.57 Å².